The predicted molar refractivity (Wildman–Crippen MR) is 91.2 cm³/mol. The second-order valence-corrected chi connectivity index (χ2v) is 7.83. The van der Waals surface area contributed by atoms with Crippen LogP contribution in [0, 0.1) is 5.92 Å². The summed E-state index contributed by atoms with van der Waals surface area (Å²) in [5, 5.41) is 11.1. The minimum atomic E-state index is -3.70. The van der Waals surface area contributed by atoms with E-state index in [1.54, 1.807) is 12.1 Å². The number of hydrogen-bond donors (Lipinski definition) is 2. The molecule has 2 aromatic rings. The lowest BCUT2D eigenvalue weighted by Gasteiger charge is -2.29. The maximum absolute atomic E-state index is 12.5. The summed E-state index contributed by atoms with van der Waals surface area (Å²) in [6.45, 7) is -0.0456. The van der Waals surface area contributed by atoms with Gasteiger partial charge in [-0.3, -0.25) is 0 Å². The minimum Gasteiger partial charge on any atom is -0.497 e. The third-order valence-electron chi connectivity index (χ3n) is 4.43. The highest BCUT2D eigenvalue weighted by atomic mass is 32.2. The normalized spacial score (nSPS) is 17.2. The summed E-state index contributed by atoms with van der Waals surface area (Å²) in [5.74, 6) is 0.672. The van der Waals surface area contributed by atoms with E-state index in [1.807, 2.05) is 30.3 Å². The average Bonchev–Trinajstić information content (AvgIpc) is 3.46. The number of methoxy groups -OCH3 is 1. The van der Waals surface area contributed by atoms with Crippen molar-refractivity contribution >= 4 is 10.0 Å². The first-order valence-electron chi connectivity index (χ1n) is 7.87. The van der Waals surface area contributed by atoms with Gasteiger partial charge in [0, 0.05) is 6.54 Å². The third-order valence-corrected chi connectivity index (χ3v) is 5.84. The Labute approximate surface area is 142 Å². The molecule has 0 heterocycles. The molecule has 1 aliphatic carbocycles. The van der Waals surface area contributed by atoms with E-state index in [2.05, 4.69) is 4.72 Å². The summed E-state index contributed by atoms with van der Waals surface area (Å²) in [5.41, 5.74) is -0.439. The quantitative estimate of drug-likeness (QED) is 0.806. The van der Waals surface area contributed by atoms with Crippen molar-refractivity contribution in [3.63, 3.8) is 0 Å². The Balaban J connectivity index is 1.79. The molecule has 1 saturated carbocycles. The first-order chi connectivity index (χ1) is 11.5. The van der Waals surface area contributed by atoms with E-state index in [4.69, 9.17) is 4.74 Å². The van der Waals surface area contributed by atoms with Gasteiger partial charge in [-0.25, -0.2) is 13.1 Å². The largest absolute Gasteiger partial charge is 0.497 e. The van der Waals surface area contributed by atoms with Crippen molar-refractivity contribution in [3.8, 4) is 5.75 Å². The van der Waals surface area contributed by atoms with Gasteiger partial charge in [-0.15, -0.1) is 0 Å². The van der Waals surface area contributed by atoms with E-state index < -0.39 is 15.6 Å². The Morgan fingerprint density at radius 3 is 2.29 bits per heavy atom. The van der Waals surface area contributed by atoms with Crippen molar-refractivity contribution in [2.24, 2.45) is 5.92 Å². The first-order valence-corrected chi connectivity index (χ1v) is 9.36. The molecule has 0 saturated heterocycles. The summed E-state index contributed by atoms with van der Waals surface area (Å²) < 4.78 is 32.6. The Bertz CT molecular complexity index is 786. The molecular weight excluding hydrogens is 326 g/mol. The zero-order valence-electron chi connectivity index (χ0n) is 13.5. The molecule has 0 spiro atoms. The van der Waals surface area contributed by atoms with Crippen LogP contribution < -0.4 is 9.46 Å². The van der Waals surface area contributed by atoms with E-state index in [-0.39, 0.29) is 17.4 Å². The minimum absolute atomic E-state index is 0.0456. The van der Waals surface area contributed by atoms with Crippen molar-refractivity contribution in [1.82, 2.24) is 4.72 Å². The van der Waals surface area contributed by atoms with Crippen LogP contribution in [0.4, 0.5) is 0 Å². The number of rotatable bonds is 7. The second-order valence-electron chi connectivity index (χ2n) is 6.06. The molecule has 0 aromatic heterocycles. The number of hydrogen-bond acceptors (Lipinski definition) is 4. The summed E-state index contributed by atoms with van der Waals surface area (Å²) in [4.78, 5) is 0.148. The van der Waals surface area contributed by atoms with Gasteiger partial charge in [0.2, 0.25) is 10.0 Å². The molecule has 3 rings (SSSR count). The van der Waals surface area contributed by atoms with Crippen LogP contribution in [0.25, 0.3) is 0 Å². The van der Waals surface area contributed by atoms with Crippen LogP contribution in [0.5, 0.6) is 5.75 Å². The Morgan fingerprint density at radius 1 is 1.12 bits per heavy atom. The highest BCUT2D eigenvalue weighted by Gasteiger charge is 2.45. The number of nitrogens with one attached hydrogen (secondary N) is 1. The Morgan fingerprint density at radius 2 is 1.75 bits per heavy atom. The molecule has 128 valence electrons. The second kappa shape index (κ2) is 6.55. The Kier molecular flexibility index (Phi) is 4.62. The van der Waals surface area contributed by atoms with Crippen LogP contribution in [0.2, 0.25) is 0 Å². The maximum Gasteiger partial charge on any atom is 0.240 e. The van der Waals surface area contributed by atoms with E-state index in [9.17, 15) is 13.5 Å². The van der Waals surface area contributed by atoms with Crippen LogP contribution >= 0.6 is 0 Å². The fraction of sp³-hybridized carbons (Fsp3) is 0.333. The van der Waals surface area contributed by atoms with Gasteiger partial charge in [0.15, 0.2) is 0 Å². The highest BCUT2D eigenvalue weighted by Crippen LogP contribution is 2.45. The zero-order chi connectivity index (χ0) is 17.2. The van der Waals surface area contributed by atoms with Gasteiger partial charge >= 0.3 is 0 Å². The van der Waals surface area contributed by atoms with Crippen LogP contribution in [-0.4, -0.2) is 27.2 Å². The van der Waals surface area contributed by atoms with Crippen molar-refractivity contribution in [2.45, 2.75) is 23.3 Å². The fourth-order valence-corrected chi connectivity index (χ4v) is 3.88. The molecule has 1 unspecified atom stereocenters. The van der Waals surface area contributed by atoms with E-state index in [1.165, 1.54) is 19.2 Å². The van der Waals surface area contributed by atoms with Gasteiger partial charge in [-0.1, -0.05) is 30.3 Å². The lowest BCUT2D eigenvalue weighted by molar-refractivity contribution is 0.0185. The molecule has 0 bridgehead atoms. The molecular formula is C18H21NO4S. The zero-order valence-corrected chi connectivity index (χ0v) is 14.3. The number of aliphatic hydroxyl groups is 1. The lowest BCUT2D eigenvalue weighted by atomic mass is 9.89. The summed E-state index contributed by atoms with van der Waals surface area (Å²) in [6.07, 6.45) is 1.80. The van der Waals surface area contributed by atoms with Crippen molar-refractivity contribution in [3.05, 3.63) is 60.2 Å². The molecule has 1 fully saturated rings. The molecule has 24 heavy (non-hydrogen) atoms. The van der Waals surface area contributed by atoms with E-state index in [0.29, 0.717) is 5.75 Å². The van der Waals surface area contributed by atoms with Gasteiger partial charge in [-0.05, 0) is 48.6 Å². The summed E-state index contributed by atoms with van der Waals surface area (Å²) in [6, 6.07) is 15.4. The fourth-order valence-electron chi connectivity index (χ4n) is 2.81. The SMILES string of the molecule is COc1ccc(S(=O)(=O)NCC(O)(c2ccccc2)C2CC2)cc1. The van der Waals surface area contributed by atoms with Crippen LogP contribution in [0.3, 0.4) is 0 Å². The smallest absolute Gasteiger partial charge is 0.240 e. The predicted octanol–water partition coefficient (Wildman–Crippen LogP) is 2.27. The van der Waals surface area contributed by atoms with E-state index >= 15 is 0 Å². The number of sulfonamides is 1. The standard InChI is InChI=1S/C18H21NO4S/c1-23-16-9-11-17(12-10-16)24(21,22)19-13-18(20,15-7-8-15)14-5-3-2-4-6-14/h2-6,9-12,15,19-20H,7-8,13H2,1H3. The third kappa shape index (κ3) is 3.45. The number of benzene rings is 2. The van der Waals surface area contributed by atoms with E-state index in [0.717, 1.165) is 18.4 Å². The molecule has 2 aromatic carbocycles. The maximum atomic E-state index is 12.5. The summed E-state index contributed by atoms with van der Waals surface area (Å²) >= 11 is 0. The van der Waals surface area contributed by atoms with Gasteiger partial charge in [0.25, 0.3) is 0 Å². The molecule has 1 atom stereocenters. The van der Waals surface area contributed by atoms with Crippen molar-refractivity contribution in [1.29, 1.82) is 0 Å². The monoisotopic (exact) mass is 347 g/mol. The molecule has 0 radical (unpaired) electrons. The van der Waals surface area contributed by atoms with Gasteiger partial charge in [-0.2, -0.15) is 0 Å². The topological polar surface area (TPSA) is 75.6 Å². The first kappa shape index (κ1) is 17.0. The Hall–Kier alpha value is -1.89. The molecule has 0 aliphatic heterocycles. The van der Waals surface area contributed by atoms with Gasteiger partial charge < -0.3 is 9.84 Å². The molecule has 0 amide bonds. The molecule has 6 heteroatoms. The average molecular weight is 347 g/mol. The summed E-state index contributed by atoms with van der Waals surface area (Å²) in [7, 11) is -2.17. The highest BCUT2D eigenvalue weighted by molar-refractivity contribution is 7.89. The van der Waals surface area contributed by atoms with Crippen molar-refractivity contribution in [2.75, 3.05) is 13.7 Å². The number of ether oxygens (including phenoxy) is 1. The van der Waals surface area contributed by atoms with Crippen molar-refractivity contribution < 1.29 is 18.3 Å². The van der Waals surface area contributed by atoms with Gasteiger partial charge in [0.1, 0.15) is 11.4 Å². The van der Waals surface area contributed by atoms with Crippen LogP contribution in [0.1, 0.15) is 18.4 Å². The molecule has 5 nitrogen and oxygen atoms in total. The lowest BCUT2D eigenvalue weighted by Crippen LogP contribution is -2.42. The van der Waals surface area contributed by atoms with Crippen LogP contribution in [-0.2, 0) is 15.6 Å². The van der Waals surface area contributed by atoms with Crippen LogP contribution in [0.15, 0.2) is 59.5 Å². The molecule has 2 N–H and O–H groups in total. The molecule has 1 aliphatic rings. The van der Waals surface area contributed by atoms with Gasteiger partial charge in [0.05, 0.1) is 12.0 Å².